The number of aromatic nitrogens is 5. The van der Waals surface area contributed by atoms with Crippen molar-refractivity contribution in [2.45, 2.75) is 25.4 Å². The van der Waals surface area contributed by atoms with Gasteiger partial charge in [0.05, 0.1) is 28.8 Å². The molecule has 0 aliphatic heterocycles. The van der Waals surface area contributed by atoms with Crippen molar-refractivity contribution in [1.82, 2.24) is 24.8 Å². The highest BCUT2D eigenvalue weighted by Crippen LogP contribution is 2.34. The second-order valence-electron chi connectivity index (χ2n) is 7.39. The molecule has 0 saturated heterocycles. The molecule has 1 amide bonds. The lowest BCUT2D eigenvalue weighted by molar-refractivity contribution is -0.137. The van der Waals surface area contributed by atoms with E-state index in [1.165, 1.54) is 24.4 Å². The number of benzene rings is 2. The van der Waals surface area contributed by atoms with Crippen LogP contribution in [-0.4, -0.2) is 30.7 Å². The Labute approximate surface area is 180 Å². The van der Waals surface area contributed by atoms with Crippen molar-refractivity contribution in [3.05, 3.63) is 83.3 Å². The van der Waals surface area contributed by atoms with Gasteiger partial charge in [0.15, 0.2) is 5.69 Å². The van der Waals surface area contributed by atoms with Crippen LogP contribution in [0.4, 0.5) is 19.0 Å². The van der Waals surface area contributed by atoms with Crippen LogP contribution in [0.2, 0.25) is 0 Å². The highest BCUT2D eigenvalue weighted by atomic mass is 19.4. The van der Waals surface area contributed by atoms with Crippen molar-refractivity contribution < 1.29 is 18.0 Å². The summed E-state index contributed by atoms with van der Waals surface area (Å²) in [4.78, 5) is 12.9. The van der Waals surface area contributed by atoms with Gasteiger partial charge in [-0.1, -0.05) is 35.5 Å². The summed E-state index contributed by atoms with van der Waals surface area (Å²) in [6, 6.07) is 14.4. The van der Waals surface area contributed by atoms with Crippen LogP contribution in [0, 0.1) is 0 Å². The van der Waals surface area contributed by atoms with Gasteiger partial charge < -0.3 is 5.32 Å². The van der Waals surface area contributed by atoms with Gasteiger partial charge in [-0.3, -0.25) is 4.79 Å². The molecule has 0 bridgehead atoms. The van der Waals surface area contributed by atoms with E-state index in [1.54, 1.807) is 4.68 Å². The number of rotatable bonds is 4. The fourth-order valence-corrected chi connectivity index (χ4v) is 3.85. The van der Waals surface area contributed by atoms with Crippen molar-refractivity contribution in [3.63, 3.8) is 0 Å². The number of amides is 1. The van der Waals surface area contributed by atoms with Gasteiger partial charge >= 0.3 is 6.18 Å². The molecule has 0 saturated carbocycles. The first-order valence-corrected chi connectivity index (χ1v) is 9.98. The van der Waals surface area contributed by atoms with Crippen LogP contribution in [0.25, 0.3) is 11.4 Å². The second kappa shape index (κ2) is 7.63. The van der Waals surface area contributed by atoms with Gasteiger partial charge in [-0.2, -0.15) is 18.3 Å². The molecule has 7 nitrogen and oxygen atoms in total. The number of aryl methyl sites for hydroxylation is 1. The third kappa shape index (κ3) is 3.53. The summed E-state index contributed by atoms with van der Waals surface area (Å²) in [5, 5.41) is 15.0. The van der Waals surface area contributed by atoms with E-state index in [0.717, 1.165) is 47.0 Å². The van der Waals surface area contributed by atoms with E-state index in [-0.39, 0.29) is 11.4 Å². The number of alkyl halides is 3. The monoisotopic (exact) mass is 438 g/mol. The van der Waals surface area contributed by atoms with Gasteiger partial charge in [-0.05, 0) is 43.5 Å². The molecule has 5 rings (SSSR count). The molecular formula is C22H17F3N6O. The number of halogens is 3. The molecule has 1 aliphatic rings. The van der Waals surface area contributed by atoms with Gasteiger partial charge in [0, 0.05) is 5.56 Å². The van der Waals surface area contributed by atoms with Gasteiger partial charge in [-0.15, -0.1) is 5.10 Å². The minimum Gasteiger partial charge on any atom is -0.305 e. The molecule has 0 atom stereocenters. The maximum Gasteiger partial charge on any atom is 0.418 e. The number of carbonyl (C=O) groups is 1. The number of carbonyl (C=O) groups excluding carboxylic acids is 1. The topological polar surface area (TPSA) is 77.6 Å². The molecule has 2 aromatic heterocycles. The van der Waals surface area contributed by atoms with E-state index in [4.69, 9.17) is 0 Å². The summed E-state index contributed by atoms with van der Waals surface area (Å²) < 4.78 is 42.6. The molecule has 32 heavy (non-hydrogen) atoms. The molecule has 1 aliphatic carbocycles. The van der Waals surface area contributed by atoms with Crippen LogP contribution in [0.3, 0.4) is 0 Å². The van der Waals surface area contributed by atoms with Crippen LogP contribution in [0.15, 0.2) is 60.8 Å². The molecular weight excluding hydrogens is 421 g/mol. The predicted molar refractivity (Wildman–Crippen MR) is 110 cm³/mol. The smallest absolute Gasteiger partial charge is 0.305 e. The number of hydrogen-bond acceptors (Lipinski definition) is 4. The Morgan fingerprint density at radius 2 is 1.75 bits per heavy atom. The number of nitrogens with one attached hydrogen (secondary N) is 1. The zero-order chi connectivity index (χ0) is 22.3. The van der Waals surface area contributed by atoms with Crippen LogP contribution in [0.5, 0.6) is 0 Å². The summed E-state index contributed by atoms with van der Waals surface area (Å²) in [6.45, 7) is 0. The Bertz CT molecular complexity index is 1290. The fraction of sp³-hybridized carbons (Fsp3) is 0.182. The Morgan fingerprint density at radius 3 is 2.53 bits per heavy atom. The first-order chi connectivity index (χ1) is 15.4. The summed E-state index contributed by atoms with van der Waals surface area (Å²) in [5.41, 5.74) is 1.50. The molecule has 4 aromatic rings. The van der Waals surface area contributed by atoms with E-state index < -0.39 is 17.6 Å². The first-order valence-electron chi connectivity index (χ1n) is 9.98. The SMILES string of the molecule is O=C(Nc1c2c(nn1-c1ccccc1)CCC2)c1cn(-c2ccccc2C(F)(F)F)nn1. The third-order valence-electron chi connectivity index (χ3n) is 5.32. The number of hydrogen-bond donors (Lipinski definition) is 1. The lowest BCUT2D eigenvalue weighted by atomic mass is 10.1. The molecule has 0 unspecified atom stereocenters. The van der Waals surface area contributed by atoms with Crippen molar-refractivity contribution in [3.8, 4) is 11.4 Å². The average molecular weight is 438 g/mol. The van der Waals surface area contributed by atoms with Crippen molar-refractivity contribution in [2.24, 2.45) is 0 Å². The molecule has 0 fully saturated rings. The lowest BCUT2D eigenvalue weighted by Crippen LogP contribution is -2.17. The number of para-hydroxylation sites is 2. The normalized spacial score (nSPS) is 13.2. The van der Waals surface area contributed by atoms with Crippen molar-refractivity contribution in [1.29, 1.82) is 0 Å². The molecule has 1 N–H and O–H groups in total. The highest BCUT2D eigenvalue weighted by molar-refractivity contribution is 6.02. The van der Waals surface area contributed by atoms with Crippen molar-refractivity contribution >= 4 is 11.7 Å². The molecule has 0 radical (unpaired) electrons. The van der Waals surface area contributed by atoms with E-state index in [0.29, 0.717) is 5.82 Å². The summed E-state index contributed by atoms with van der Waals surface area (Å²) in [7, 11) is 0. The fourth-order valence-electron chi connectivity index (χ4n) is 3.85. The lowest BCUT2D eigenvalue weighted by Gasteiger charge is -2.11. The van der Waals surface area contributed by atoms with E-state index in [9.17, 15) is 18.0 Å². The summed E-state index contributed by atoms with van der Waals surface area (Å²) in [6.07, 6.45) is -0.830. The average Bonchev–Trinajstić information content (AvgIpc) is 3.51. The second-order valence-corrected chi connectivity index (χ2v) is 7.39. The van der Waals surface area contributed by atoms with Gasteiger partial charge in [0.2, 0.25) is 0 Å². The largest absolute Gasteiger partial charge is 0.418 e. The first kappa shape index (κ1) is 20.0. The number of anilines is 1. The summed E-state index contributed by atoms with van der Waals surface area (Å²) >= 11 is 0. The standard InChI is InChI=1S/C22H17F3N6O/c23-22(24,25)16-10-4-5-12-19(16)30-13-18(27-29-30)21(32)26-20-15-9-6-11-17(15)28-31(20)14-7-2-1-3-8-14/h1-5,7-8,10,12-13H,6,9,11H2,(H,26,32). The zero-order valence-corrected chi connectivity index (χ0v) is 16.7. The Hall–Kier alpha value is -3.95. The Kier molecular flexibility index (Phi) is 4.76. The van der Waals surface area contributed by atoms with Crippen molar-refractivity contribution in [2.75, 3.05) is 5.32 Å². The molecule has 2 aromatic carbocycles. The maximum absolute atomic E-state index is 13.3. The Balaban J connectivity index is 1.47. The summed E-state index contributed by atoms with van der Waals surface area (Å²) in [5.74, 6) is -0.0357. The molecule has 0 spiro atoms. The number of fused-ring (bicyclic) bond motifs is 1. The van der Waals surface area contributed by atoms with Crippen LogP contribution >= 0.6 is 0 Å². The van der Waals surface area contributed by atoms with E-state index in [1.807, 2.05) is 30.3 Å². The molecule has 162 valence electrons. The highest BCUT2D eigenvalue weighted by Gasteiger charge is 2.34. The minimum atomic E-state index is -4.56. The quantitative estimate of drug-likeness (QED) is 0.518. The van der Waals surface area contributed by atoms with Gasteiger partial charge in [0.1, 0.15) is 5.82 Å². The van der Waals surface area contributed by atoms with Crippen LogP contribution in [-0.2, 0) is 19.0 Å². The minimum absolute atomic E-state index is 0.102. The third-order valence-corrected chi connectivity index (χ3v) is 5.32. The van der Waals surface area contributed by atoms with E-state index >= 15 is 0 Å². The maximum atomic E-state index is 13.3. The van der Waals surface area contributed by atoms with E-state index in [2.05, 4.69) is 20.7 Å². The molecule has 2 heterocycles. The van der Waals surface area contributed by atoms with Crippen LogP contribution in [0.1, 0.15) is 33.7 Å². The number of nitrogens with zero attached hydrogens (tertiary/aromatic N) is 5. The van der Waals surface area contributed by atoms with Gasteiger partial charge in [-0.25, -0.2) is 9.36 Å². The van der Waals surface area contributed by atoms with Gasteiger partial charge in [0.25, 0.3) is 5.91 Å². The van der Waals surface area contributed by atoms with Crippen LogP contribution < -0.4 is 5.32 Å². The predicted octanol–water partition coefficient (Wildman–Crippen LogP) is 4.21. The Morgan fingerprint density at radius 1 is 1.00 bits per heavy atom. The molecule has 10 heteroatoms. The zero-order valence-electron chi connectivity index (χ0n) is 16.7.